The van der Waals surface area contributed by atoms with E-state index >= 15 is 0 Å². The SMILES string of the molecule is CC(Nc1ccnc(NCCc2cccc(F)c2)n1)c1ccccc1. The number of rotatable bonds is 7. The molecule has 0 aliphatic carbocycles. The van der Waals surface area contributed by atoms with E-state index in [1.165, 1.54) is 11.6 Å². The highest BCUT2D eigenvalue weighted by Crippen LogP contribution is 2.17. The summed E-state index contributed by atoms with van der Waals surface area (Å²) in [7, 11) is 0. The summed E-state index contributed by atoms with van der Waals surface area (Å²) in [5.74, 6) is 1.11. The summed E-state index contributed by atoms with van der Waals surface area (Å²) >= 11 is 0. The predicted octanol–water partition coefficient (Wildman–Crippen LogP) is 4.44. The lowest BCUT2D eigenvalue weighted by Crippen LogP contribution is -2.11. The van der Waals surface area contributed by atoms with Crippen molar-refractivity contribution in [2.24, 2.45) is 0 Å². The molecule has 0 radical (unpaired) electrons. The molecule has 0 fully saturated rings. The largest absolute Gasteiger partial charge is 0.363 e. The van der Waals surface area contributed by atoms with E-state index in [1.54, 1.807) is 18.3 Å². The van der Waals surface area contributed by atoms with Gasteiger partial charge in [0.2, 0.25) is 5.95 Å². The van der Waals surface area contributed by atoms with Crippen LogP contribution in [-0.4, -0.2) is 16.5 Å². The van der Waals surface area contributed by atoms with E-state index in [4.69, 9.17) is 0 Å². The first-order chi connectivity index (χ1) is 12.2. The van der Waals surface area contributed by atoms with Crippen molar-refractivity contribution in [3.05, 3.63) is 83.8 Å². The van der Waals surface area contributed by atoms with Gasteiger partial charge in [-0.3, -0.25) is 0 Å². The molecule has 5 heteroatoms. The van der Waals surface area contributed by atoms with Gasteiger partial charge in [0.15, 0.2) is 0 Å². The summed E-state index contributed by atoms with van der Waals surface area (Å²) in [6, 6.07) is 18.8. The Morgan fingerprint density at radius 3 is 2.68 bits per heavy atom. The molecule has 4 nitrogen and oxygen atoms in total. The lowest BCUT2D eigenvalue weighted by Gasteiger charge is -2.15. The summed E-state index contributed by atoms with van der Waals surface area (Å²) in [5.41, 5.74) is 2.14. The van der Waals surface area contributed by atoms with E-state index in [0.717, 1.165) is 11.4 Å². The van der Waals surface area contributed by atoms with Gasteiger partial charge in [0.05, 0.1) is 0 Å². The number of hydrogen-bond acceptors (Lipinski definition) is 4. The first-order valence-electron chi connectivity index (χ1n) is 8.33. The molecular weight excluding hydrogens is 315 g/mol. The Balaban J connectivity index is 1.56. The van der Waals surface area contributed by atoms with Crippen molar-refractivity contribution in [1.82, 2.24) is 9.97 Å². The van der Waals surface area contributed by atoms with E-state index in [9.17, 15) is 4.39 Å². The summed E-state index contributed by atoms with van der Waals surface area (Å²) in [6.45, 7) is 2.73. The Bertz CT molecular complexity index is 808. The van der Waals surface area contributed by atoms with Gasteiger partial charge < -0.3 is 10.6 Å². The Morgan fingerprint density at radius 1 is 1.04 bits per heavy atom. The molecule has 0 saturated heterocycles. The summed E-state index contributed by atoms with van der Waals surface area (Å²) in [4.78, 5) is 8.71. The summed E-state index contributed by atoms with van der Waals surface area (Å²) in [6.07, 6.45) is 2.43. The highest BCUT2D eigenvalue weighted by molar-refractivity contribution is 5.42. The third-order valence-corrected chi connectivity index (χ3v) is 3.91. The fourth-order valence-corrected chi connectivity index (χ4v) is 2.58. The molecule has 0 saturated carbocycles. The van der Waals surface area contributed by atoms with Crippen LogP contribution in [0.3, 0.4) is 0 Å². The smallest absolute Gasteiger partial charge is 0.224 e. The summed E-state index contributed by atoms with van der Waals surface area (Å²) in [5, 5.41) is 6.55. The van der Waals surface area contributed by atoms with Gasteiger partial charge in [0, 0.05) is 18.8 Å². The molecule has 1 atom stereocenters. The standard InChI is InChI=1S/C20H21FN4/c1-15(17-7-3-2-4-8-17)24-19-11-13-23-20(25-19)22-12-10-16-6-5-9-18(21)14-16/h2-9,11,13-15H,10,12H2,1H3,(H2,22,23,24,25). The molecule has 0 aliphatic heterocycles. The van der Waals surface area contributed by atoms with Crippen molar-refractivity contribution in [3.63, 3.8) is 0 Å². The number of anilines is 2. The molecule has 1 heterocycles. The van der Waals surface area contributed by atoms with E-state index < -0.39 is 0 Å². The highest BCUT2D eigenvalue weighted by atomic mass is 19.1. The average molecular weight is 336 g/mol. The molecule has 1 aromatic heterocycles. The minimum absolute atomic E-state index is 0.149. The second-order valence-electron chi connectivity index (χ2n) is 5.85. The Labute approximate surface area is 147 Å². The zero-order valence-electron chi connectivity index (χ0n) is 14.1. The minimum Gasteiger partial charge on any atom is -0.363 e. The fraction of sp³-hybridized carbons (Fsp3) is 0.200. The van der Waals surface area contributed by atoms with Gasteiger partial charge in [-0.05, 0) is 42.7 Å². The van der Waals surface area contributed by atoms with Gasteiger partial charge in [0.1, 0.15) is 11.6 Å². The maximum atomic E-state index is 13.2. The molecule has 2 aromatic carbocycles. The zero-order chi connectivity index (χ0) is 17.5. The van der Waals surface area contributed by atoms with Crippen LogP contribution in [0.1, 0.15) is 24.1 Å². The second-order valence-corrected chi connectivity index (χ2v) is 5.85. The maximum absolute atomic E-state index is 13.2. The molecule has 25 heavy (non-hydrogen) atoms. The zero-order valence-corrected chi connectivity index (χ0v) is 14.1. The predicted molar refractivity (Wildman–Crippen MR) is 99.1 cm³/mol. The van der Waals surface area contributed by atoms with Crippen LogP contribution >= 0.6 is 0 Å². The average Bonchev–Trinajstić information content (AvgIpc) is 2.63. The minimum atomic E-state index is -0.213. The Morgan fingerprint density at radius 2 is 1.88 bits per heavy atom. The van der Waals surface area contributed by atoms with Crippen LogP contribution < -0.4 is 10.6 Å². The Hall–Kier alpha value is -2.95. The van der Waals surface area contributed by atoms with Crippen LogP contribution in [0.25, 0.3) is 0 Å². The van der Waals surface area contributed by atoms with Crippen molar-refractivity contribution >= 4 is 11.8 Å². The molecule has 1 unspecified atom stereocenters. The molecule has 0 aliphatic rings. The first-order valence-corrected chi connectivity index (χ1v) is 8.33. The van der Waals surface area contributed by atoms with Crippen LogP contribution in [-0.2, 0) is 6.42 Å². The lowest BCUT2D eigenvalue weighted by molar-refractivity contribution is 0.625. The number of nitrogens with one attached hydrogen (secondary N) is 2. The molecule has 3 rings (SSSR count). The van der Waals surface area contributed by atoms with Gasteiger partial charge in [-0.2, -0.15) is 4.98 Å². The third-order valence-electron chi connectivity index (χ3n) is 3.91. The van der Waals surface area contributed by atoms with Crippen LogP contribution in [0.4, 0.5) is 16.2 Å². The van der Waals surface area contributed by atoms with Crippen molar-refractivity contribution in [1.29, 1.82) is 0 Å². The molecule has 2 N–H and O–H groups in total. The molecular formula is C20H21FN4. The van der Waals surface area contributed by atoms with E-state index in [2.05, 4.69) is 39.7 Å². The number of aromatic nitrogens is 2. The van der Waals surface area contributed by atoms with E-state index in [0.29, 0.717) is 18.9 Å². The topological polar surface area (TPSA) is 49.8 Å². The highest BCUT2D eigenvalue weighted by Gasteiger charge is 2.06. The van der Waals surface area contributed by atoms with Crippen molar-refractivity contribution in [2.45, 2.75) is 19.4 Å². The van der Waals surface area contributed by atoms with Crippen LogP contribution in [0.15, 0.2) is 66.9 Å². The van der Waals surface area contributed by atoms with Gasteiger partial charge in [0.25, 0.3) is 0 Å². The molecule has 0 bridgehead atoms. The second kappa shape index (κ2) is 8.24. The van der Waals surface area contributed by atoms with Gasteiger partial charge in [-0.25, -0.2) is 9.37 Å². The lowest BCUT2D eigenvalue weighted by atomic mass is 10.1. The van der Waals surface area contributed by atoms with E-state index in [-0.39, 0.29) is 11.9 Å². The molecule has 0 amide bonds. The van der Waals surface area contributed by atoms with Gasteiger partial charge >= 0.3 is 0 Å². The van der Waals surface area contributed by atoms with Crippen LogP contribution in [0.5, 0.6) is 0 Å². The fourth-order valence-electron chi connectivity index (χ4n) is 2.58. The quantitative estimate of drug-likeness (QED) is 0.669. The van der Waals surface area contributed by atoms with Crippen LogP contribution in [0, 0.1) is 5.82 Å². The van der Waals surface area contributed by atoms with Gasteiger partial charge in [-0.15, -0.1) is 0 Å². The summed E-state index contributed by atoms with van der Waals surface area (Å²) < 4.78 is 13.2. The van der Waals surface area contributed by atoms with E-state index in [1.807, 2.05) is 30.3 Å². The van der Waals surface area contributed by atoms with Crippen molar-refractivity contribution in [3.8, 4) is 0 Å². The molecule has 3 aromatic rings. The monoisotopic (exact) mass is 336 g/mol. The number of halogens is 1. The maximum Gasteiger partial charge on any atom is 0.224 e. The van der Waals surface area contributed by atoms with Gasteiger partial charge in [-0.1, -0.05) is 42.5 Å². The number of benzene rings is 2. The Kier molecular flexibility index (Phi) is 5.57. The third kappa shape index (κ3) is 5.01. The van der Waals surface area contributed by atoms with Crippen molar-refractivity contribution in [2.75, 3.05) is 17.2 Å². The van der Waals surface area contributed by atoms with Crippen molar-refractivity contribution < 1.29 is 4.39 Å². The van der Waals surface area contributed by atoms with Crippen LogP contribution in [0.2, 0.25) is 0 Å². The number of nitrogens with zero attached hydrogens (tertiary/aromatic N) is 2. The first kappa shape index (κ1) is 16.9. The molecule has 0 spiro atoms. The molecule has 128 valence electrons. The number of hydrogen-bond donors (Lipinski definition) is 2. The normalized spacial score (nSPS) is 11.8.